The molecule has 22 heavy (non-hydrogen) atoms. The summed E-state index contributed by atoms with van der Waals surface area (Å²) < 4.78 is 10.8. The summed E-state index contributed by atoms with van der Waals surface area (Å²) in [6, 6.07) is 14.4. The molecule has 0 fully saturated rings. The Labute approximate surface area is 131 Å². The number of rotatable bonds is 8. The molecule has 116 valence electrons. The summed E-state index contributed by atoms with van der Waals surface area (Å²) in [5, 5.41) is 2.40. The Kier molecular flexibility index (Phi) is 6.01. The van der Waals surface area contributed by atoms with Crippen LogP contribution in [0.1, 0.15) is 26.2 Å². The molecule has 0 unspecified atom stereocenters. The number of unbranched alkanes of at least 4 members (excludes halogenated alkanes) is 2. The van der Waals surface area contributed by atoms with Gasteiger partial charge in [-0.2, -0.15) is 0 Å². The SMILES string of the molecule is C=C(C)C(=O)OCCCCCOc1ccc2ccccc2c1. The Morgan fingerprint density at radius 2 is 1.73 bits per heavy atom. The van der Waals surface area contributed by atoms with E-state index < -0.39 is 0 Å². The summed E-state index contributed by atoms with van der Waals surface area (Å²) in [5.74, 6) is 0.583. The van der Waals surface area contributed by atoms with Crippen molar-refractivity contribution in [1.82, 2.24) is 0 Å². The average molecular weight is 298 g/mol. The van der Waals surface area contributed by atoms with Crippen molar-refractivity contribution in [2.75, 3.05) is 13.2 Å². The fourth-order valence-electron chi connectivity index (χ4n) is 2.12. The minimum absolute atomic E-state index is 0.313. The Balaban J connectivity index is 1.64. The van der Waals surface area contributed by atoms with Crippen molar-refractivity contribution >= 4 is 16.7 Å². The molecule has 2 aromatic rings. The van der Waals surface area contributed by atoms with Gasteiger partial charge >= 0.3 is 5.97 Å². The second-order valence-electron chi connectivity index (χ2n) is 5.33. The topological polar surface area (TPSA) is 35.5 Å². The quantitative estimate of drug-likeness (QED) is 0.409. The first-order chi connectivity index (χ1) is 10.7. The van der Waals surface area contributed by atoms with Crippen molar-refractivity contribution in [2.45, 2.75) is 26.2 Å². The number of benzene rings is 2. The van der Waals surface area contributed by atoms with Gasteiger partial charge in [0, 0.05) is 5.57 Å². The fourth-order valence-corrected chi connectivity index (χ4v) is 2.12. The normalized spacial score (nSPS) is 10.4. The lowest BCUT2D eigenvalue weighted by molar-refractivity contribution is -0.139. The zero-order valence-electron chi connectivity index (χ0n) is 13.0. The van der Waals surface area contributed by atoms with Crippen molar-refractivity contribution in [3.63, 3.8) is 0 Å². The summed E-state index contributed by atoms with van der Waals surface area (Å²) in [6.45, 7) is 6.32. The molecular formula is C19H22O3. The smallest absolute Gasteiger partial charge is 0.333 e. The summed E-state index contributed by atoms with van der Waals surface area (Å²) in [6.07, 6.45) is 2.76. The van der Waals surface area contributed by atoms with E-state index in [9.17, 15) is 4.79 Å². The second kappa shape index (κ2) is 8.23. The third-order valence-corrected chi connectivity index (χ3v) is 3.36. The van der Waals surface area contributed by atoms with Crippen LogP contribution in [0.2, 0.25) is 0 Å². The first-order valence-electron chi connectivity index (χ1n) is 7.61. The highest BCUT2D eigenvalue weighted by molar-refractivity contribution is 5.86. The van der Waals surface area contributed by atoms with Gasteiger partial charge in [-0.3, -0.25) is 0 Å². The molecule has 0 aliphatic carbocycles. The summed E-state index contributed by atoms with van der Waals surface area (Å²) in [4.78, 5) is 11.2. The monoisotopic (exact) mass is 298 g/mol. The average Bonchev–Trinajstić information content (AvgIpc) is 2.53. The first-order valence-corrected chi connectivity index (χ1v) is 7.61. The van der Waals surface area contributed by atoms with E-state index in [4.69, 9.17) is 9.47 Å². The zero-order chi connectivity index (χ0) is 15.8. The van der Waals surface area contributed by atoms with E-state index in [-0.39, 0.29) is 5.97 Å². The van der Waals surface area contributed by atoms with Gasteiger partial charge in [-0.15, -0.1) is 0 Å². The van der Waals surface area contributed by atoms with Gasteiger partial charge in [0.05, 0.1) is 13.2 Å². The molecule has 0 amide bonds. The largest absolute Gasteiger partial charge is 0.494 e. The number of carbonyl (C=O) groups is 1. The van der Waals surface area contributed by atoms with Crippen LogP contribution >= 0.6 is 0 Å². The molecule has 0 saturated carbocycles. The highest BCUT2D eigenvalue weighted by atomic mass is 16.5. The molecule has 0 aromatic heterocycles. The molecule has 0 aliphatic rings. The Hall–Kier alpha value is -2.29. The van der Waals surface area contributed by atoms with E-state index in [1.54, 1.807) is 6.92 Å². The van der Waals surface area contributed by atoms with Crippen molar-refractivity contribution in [1.29, 1.82) is 0 Å². The van der Waals surface area contributed by atoms with Gasteiger partial charge in [0.25, 0.3) is 0 Å². The van der Waals surface area contributed by atoms with Crippen LogP contribution in [0.25, 0.3) is 10.8 Å². The molecule has 0 heterocycles. The van der Waals surface area contributed by atoms with Gasteiger partial charge in [-0.25, -0.2) is 4.79 Å². The number of carbonyl (C=O) groups excluding carboxylic acids is 1. The van der Waals surface area contributed by atoms with E-state index in [0.717, 1.165) is 25.0 Å². The standard InChI is InChI=1S/C19H22O3/c1-15(2)19(20)22-13-7-3-6-12-21-18-11-10-16-8-4-5-9-17(16)14-18/h4-5,8-11,14H,1,3,6-7,12-13H2,2H3. The van der Waals surface area contributed by atoms with Crippen molar-refractivity contribution in [3.05, 3.63) is 54.6 Å². The Morgan fingerprint density at radius 3 is 2.50 bits per heavy atom. The van der Waals surface area contributed by atoms with Gasteiger partial charge in [0.15, 0.2) is 0 Å². The van der Waals surface area contributed by atoms with E-state index >= 15 is 0 Å². The highest BCUT2D eigenvalue weighted by Crippen LogP contribution is 2.20. The highest BCUT2D eigenvalue weighted by Gasteiger charge is 2.02. The number of esters is 1. The van der Waals surface area contributed by atoms with Crippen LogP contribution < -0.4 is 4.74 Å². The van der Waals surface area contributed by atoms with E-state index in [0.29, 0.717) is 18.8 Å². The van der Waals surface area contributed by atoms with Gasteiger partial charge in [-0.05, 0) is 49.1 Å². The minimum atomic E-state index is -0.313. The number of hydrogen-bond donors (Lipinski definition) is 0. The molecule has 0 bridgehead atoms. The molecule has 2 aromatic carbocycles. The lowest BCUT2D eigenvalue weighted by atomic mass is 10.1. The molecule has 0 radical (unpaired) electrons. The van der Waals surface area contributed by atoms with Crippen molar-refractivity contribution in [3.8, 4) is 5.75 Å². The molecule has 0 N–H and O–H groups in total. The molecular weight excluding hydrogens is 276 g/mol. The predicted octanol–water partition coefficient (Wildman–Crippen LogP) is 4.51. The Morgan fingerprint density at radius 1 is 1.00 bits per heavy atom. The molecule has 0 aliphatic heterocycles. The molecule has 0 atom stereocenters. The van der Waals surface area contributed by atoms with Crippen LogP contribution in [0.4, 0.5) is 0 Å². The van der Waals surface area contributed by atoms with Gasteiger partial charge in [0.1, 0.15) is 5.75 Å². The van der Waals surface area contributed by atoms with Crippen LogP contribution in [0.5, 0.6) is 5.75 Å². The lowest BCUT2D eigenvalue weighted by Gasteiger charge is -2.08. The molecule has 3 nitrogen and oxygen atoms in total. The number of ether oxygens (including phenoxy) is 2. The van der Waals surface area contributed by atoms with Crippen molar-refractivity contribution in [2.24, 2.45) is 0 Å². The van der Waals surface area contributed by atoms with E-state index in [1.165, 1.54) is 10.8 Å². The van der Waals surface area contributed by atoms with Gasteiger partial charge in [0.2, 0.25) is 0 Å². The first kappa shape index (κ1) is 16.1. The maximum absolute atomic E-state index is 11.2. The van der Waals surface area contributed by atoms with Crippen LogP contribution in [-0.2, 0) is 9.53 Å². The summed E-state index contributed by atoms with van der Waals surface area (Å²) in [5.41, 5.74) is 0.444. The zero-order valence-corrected chi connectivity index (χ0v) is 13.0. The van der Waals surface area contributed by atoms with E-state index in [2.05, 4.69) is 30.8 Å². The summed E-state index contributed by atoms with van der Waals surface area (Å²) >= 11 is 0. The van der Waals surface area contributed by atoms with E-state index in [1.807, 2.05) is 18.2 Å². The molecule has 2 rings (SSSR count). The number of fused-ring (bicyclic) bond motifs is 1. The van der Waals surface area contributed by atoms with Gasteiger partial charge in [-0.1, -0.05) is 36.9 Å². The lowest BCUT2D eigenvalue weighted by Crippen LogP contribution is -2.06. The minimum Gasteiger partial charge on any atom is -0.494 e. The van der Waals surface area contributed by atoms with Gasteiger partial charge < -0.3 is 9.47 Å². The van der Waals surface area contributed by atoms with Crippen LogP contribution in [0, 0.1) is 0 Å². The fraction of sp³-hybridized carbons (Fsp3) is 0.316. The molecule has 0 saturated heterocycles. The van der Waals surface area contributed by atoms with Crippen LogP contribution in [0.3, 0.4) is 0 Å². The summed E-state index contributed by atoms with van der Waals surface area (Å²) in [7, 11) is 0. The predicted molar refractivity (Wildman–Crippen MR) is 89.1 cm³/mol. The van der Waals surface area contributed by atoms with Crippen LogP contribution in [-0.4, -0.2) is 19.2 Å². The Bertz CT molecular complexity index is 646. The number of hydrogen-bond acceptors (Lipinski definition) is 3. The van der Waals surface area contributed by atoms with Crippen molar-refractivity contribution < 1.29 is 14.3 Å². The molecule has 3 heteroatoms. The molecule has 0 spiro atoms. The maximum Gasteiger partial charge on any atom is 0.333 e. The maximum atomic E-state index is 11.2. The second-order valence-corrected chi connectivity index (χ2v) is 5.33. The third-order valence-electron chi connectivity index (χ3n) is 3.36. The third kappa shape index (κ3) is 4.92. The van der Waals surface area contributed by atoms with Crippen LogP contribution in [0.15, 0.2) is 54.6 Å².